The molecule has 0 amide bonds. The summed E-state index contributed by atoms with van der Waals surface area (Å²) >= 11 is 3.40. The lowest BCUT2D eigenvalue weighted by Crippen LogP contribution is -2.15. The van der Waals surface area contributed by atoms with E-state index in [0.717, 1.165) is 0 Å². The summed E-state index contributed by atoms with van der Waals surface area (Å²) in [6.45, 7) is 1.70. The van der Waals surface area contributed by atoms with Crippen LogP contribution in [0.25, 0.3) is 22.7 Å². The Labute approximate surface area is 180 Å². The molecule has 0 atom stereocenters. The highest BCUT2D eigenvalue weighted by Crippen LogP contribution is 2.37. The van der Waals surface area contributed by atoms with Crippen LogP contribution in [0, 0.1) is 17.1 Å². The highest BCUT2D eigenvalue weighted by Gasteiger charge is 2.15. The molecule has 0 aliphatic heterocycles. The van der Waals surface area contributed by atoms with Crippen molar-refractivity contribution in [2.75, 3.05) is 20.3 Å². The van der Waals surface area contributed by atoms with E-state index >= 15 is 0 Å². The Morgan fingerprint density at radius 1 is 1.37 bits per heavy atom. The number of rotatable bonds is 7. The smallest absolute Gasteiger partial charge is 0.344 e. The van der Waals surface area contributed by atoms with Crippen molar-refractivity contribution in [3.8, 4) is 17.6 Å². The first kappa shape index (κ1) is 21.3. The Morgan fingerprint density at radius 3 is 2.87 bits per heavy atom. The summed E-state index contributed by atoms with van der Waals surface area (Å²) in [4.78, 5) is 18.8. The molecule has 0 radical (unpaired) electrons. The third kappa shape index (κ3) is 4.78. The van der Waals surface area contributed by atoms with E-state index in [1.54, 1.807) is 25.1 Å². The van der Waals surface area contributed by atoms with Gasteiger partial charge in [-0.05, 0) is 64.8 Å². The number of fused-ring (bicyclic) bond motifs is 1. The number of hydrogen-bond acceptors (Lipinski definition) is 6. The van der Waals surface area contributed by atoms with E-state index in [1.807, 2.05) is 0 Å². The zero-order valence-corrected chi connectivity index (χ0v) is 17.7. The van der Waals surface area contributed by atoms with Crippen molar-refractivity contribution in [1.82, 2.24) is 9.97 Å². The van der Waals surface area contributed by atoms with Gasteiger partial charge in [0.15, 0.2) is 18.1 Å². The lowest BCUT2D eigenvalue weighted by Gasteiger charge is -2.13. The van der Waals surface area contributed by atoms with Crippen LogP contribution in [0.2, 0.25) is 0 Å². The Bertz CT molecular complexity index is 1170. The van der Waals surface area contributed by atoms with Crippen LogP contribution in [0.5, 0.6) is 11.5 Å². The number of benzene rings is 2. The van der Waals surface area contributed by atoms with Crippen LogP contribution < -0.4 is 9.47 Å². The SMILES string of the molecule is CCOC(=O)COc1c(Br)cc(/C=C(/C#N)c2nc3ccc(F)cc3[nH]2)cc1OC. The average Bonchev–Trinajstić information content (AvgIpc) is 3.13. The second-order valence-corrected chi connectivity index (χ2v) is 6.90. The average molecular weight is 474 g/mol. The molecule has 1 N–H and O–H groups in total. The lowest BCUT2D eigenvalue weighted by molar-refractivity contribution is -0.145. The number of methoxy groups -OCH3 is 1. The molecule has 3 rings (SSSR count). The molecule has 0 aliphatic carbocycles. The number of carbonyl (C=O) groups is 1. The van der Waals surface area contributed by atoms with Crippen LogP contribution in [0.4, 0.5) is 4.39 Å². The van der Waals surface area contributed by atoms with Gasteiger partial charge in [-0.15, -0.1) is 0 Å². The first-order valence-corrected chi connectivity index (χ1v) is 9.67. The van der Waals surface area contributed by atoms with Crippen LogP contribution in [-0.4, -0.2) is 36.3 Å². The van der Waals surface area contributed by atoms with E-state index < -0.39 is 11.8 Å². The number of ether oxygens (including phenoxy) is 3. The molecular formula is C21H17BrFN3O4. The molecule has 2 aromatic carbocycles. The first-order chi connectivity index (χ1) is 14.4. The zero-order chi connectivity index (χ0) is 21.7. The first-order valence-electron chi connectivity index (χ1n) is 8.88. The summed E-state index contributed by atoms with van der Waals surface area (Å²) < 4.78 is 29.7. The van der Waals surface area contributed by atoms with Crippen molar-refractivity contribution in [3.63, 3.8) is 0 Å². The number of aromatic nitrogens is 2. The Hall–Kier alpha value is -3.38. The Morgan fingerprint density at radius 2 is 2.17 bits per heavy atom. The van der Waals surface area contributed by atoms with Gasteiger partial charge in [0.25, 0.3) is 0 Å². The predicted molar refractivity (Wildman–Crippen MR) is 112 cm³/mol. The largest absolute Gasteiger partial charge is 0.493 e. The van der Waals surface area contributed by atoms with Gasteiger partial charge in [-0.1, -0.05) is 0 Å². The lowest BCUT2D eigenvalue weighted by atomic mass is 10.1. The maximum absolute atomic E-state index is 13.4. The molecule has 0 unspecified atom stereocenters. The highest BCUT2D eigenvalue weighted by atomic mass is 79.9. The van der Waals surface area contributed by atoms with Gasteiger partial charge < -0.3 is 19.2 Å². The molecule has 9 heteroatoms. The summed E-state index contributed by atoms with van der Waals surface area (Å²) in [5.74, 6) is 0.121. The molecule has 1 heterocycles. The highest BCUT2D eigenvalue weighted by molar-refractivity contribution is 9.10. The topological polar surface area (TPSA) is 97.2 Å². The molecule has 0 saturated carbocycles. The van der Waals surface area contributed by atoms with E-state index in [-0.39, 0.29) is 18.8 Å². The van der Waals surface area contributed by atoms with Crippen molar-refractivity contribution >= 4 is 44.6 Å². The van der Waals surface area contributed by atoms with Crippen LogP contribution in [0.15, 0.2) is 34.8 Å². The van der Waals surface area contributed by atoms with Gasteiger partial charge in [-0.25, -0.2) is 14.2 Å². The summed E-state index contributed by atoms with van der Waals surface area (Å²) in [5, 5.41) is 9.60. The molecular weight excluding hydrogens is 457 g/mol. The molecule has 7 nitrogen and oxygen atoms in total. The van der Waals surface area contributed by atoms with Gasteiger partial charge in [0, 0.05) is 0 Å². The number of H-pyrrole nitrogens is 1. The zero-order valence-electron chi connectivity index (χ0n) is 16.2. The van der Waals surface area contributed by atoms with Gasteiger partial charge in [0.05, 0.1) is 34.8 Å². The number of nitrogens with zero attached hydrogens (tertiary/aromatic N) is 2. The predicted octanol–water partition coefficient (Wildman–Crippen LogP) is 4.48. The number of esters is 1. The third-order valence-electron chi connectivity index (χ3n) is 4.02. The Kier molecular flexibility index (Phi) is 6.69. The molecule has 3 aromatic rings. The fourth-order valence-corrected chi connectivity index (χ4v) is 3.30. The molecule has 30 heavy (non-hydrogen) atoms. The van der Waals surface area contributed by atoms with Crippen LogP contribution in [0.1, 0.15) is 18.3 Å². The molecule has 154 valence electrons. The molecule has 0 spiro atoms. The molecule has 0 saturated heterocycles. The van der Waals surface area contributed by atoms with Crippen molar-refractivity contribution in [3.05, 3.63) is 52.0 Å². The Balaban J connectivity index is 1.93. The van der Waals surface area contributed by atoms with Gasteiger partial charge in [0.2, 0.25) is 0 Å². The minimum Gasteiger partial charge on any atom is -0.493 e. The minimum atomic E-state index is -0.497. The third-order valence-corrected chi connectivity index (χ3v) is 4.61. The standard InChI is InChI=1S/C21H17BrFN3O4/c1-3-29-19(27)11-30-20-15(22)7-12(8-18(20)28-2)6-13(10-24)21-25-16-5-4-14(23)9-17(16)26-21/h4-9H,3,11H2,1-2H3,(H,25,26)/b13-6-. The summed E-state index contributed by atoms with van der Waals surface area (Å²) in [5.41, 5.74) is 1.92. The molecule has 0 aliphatic rings. The number of halogens is 2. The van der Waals surface area contributed by atoms with Crippen molar-refractivity contribution in [2.45, 2.75) is 6.92 Å². The quantitative estimate of drug-likeness (QED) is 0.401. The van der Waals surface area contributed by atoms with Gasteiger partial charge >= 0.3 is 5.97 Å². The van der Waals surface area contributed by atoms with Crippen molar-refractivity contribution < 1.29 is 23.4 Å². The molecule has 0 fully saturated rings. The minimum absolute atomic E-state index is 0.251. The van der Waals surface area contributed by atoms with E-state index in [1.165, 1.54) is 25.3 Å². The monoisotopic (exact) mass is 473 g/mol. The van der Waals surface area contributed by atoms with Crippen molar-refractivity contribution in [2.24, 2.45) is 0 Å². The summed E-state index contributed by atoms with van der Waals surface area (Å²) in [6, 6.07) is 9.62. The maximum Gasteiger partial charge on any atom is 0.344 e. The fraction of sp³-hybridized carbons (Fsp3) is 0.190. The molecule has 0 bridgehead atoms. The number of nitriles is 1. The normalized spacial score (nSPS) is 11.2. The van der Waals surface area contributed by atoms with Crippen LogP contribution in [-0.2, 0) is 9.53 Å². The van der Waals surface area contributed by atoms with E-state index in [0.29, 0.717) is 38.4 Å². The van der Waals surface area contributed by atoms with E-state index in [9.17, 15) is 14.4 Å². The second-order valence-electron chi connectivity index (χ2n) is 6.04. The number of nitrogens with one attached hydrogen (secondary N) is 1. The maximum atomic E-state index is 13.4. The van der Waals surface area contributed by atoms with Crippen molar-refractivity contribution in [1.29, 1.82) is 5.26 Å². The number of imidazole rings is 1. The fourth-order valence-electron chi connectivity index (χ4n) is 2.73. The van der Waals surface area contributed by atoms with E-state index in [4.69, 9.17) is 14.2 Å². The van der Waals surface area contributed by atoms with Gasteiger partial charge in [-0.3, -0.25) is 0 Å². The number of allylic oxidation sites excluding steroid dienone is 1. The van der Waals surface area contributed by atoms with Crippen LogP contribution in [0.3, 0.4) is 0 Å². The molecule has 1 aromatic heterocycles. The van der Waals surface area contributed by atoms with Crippen LogP contribution >= 0.6 is 15.9 Å². The van der Waals surface area contributed by atoms with Gasteiger partial charge in [0.1, 0.15) is 17.7 Å². The summed E-state index contributed by atoms with van der Waals surface area (Å²) in [7, 11) is 1.46. The van der Waals surface area contributed by atoms with E-state index in [2.05, 4.69) is 32.0 Å². The number of carbonyl (C=O) groups excluding carboxylic acids is 1. The number of hydrogen-bond donors (Lipinski definition) is 1. The summed E-state index contributed by atoms with van der Waals surface area (Å²) in [6.07, 6.45) is 1.61. The second kappa shape index (κ2) is 9.41. The number of aromatic amines is 1. The van der Waals surface area contributed by atoms with Gasteiger partial charge in [-0.2, -0.15) is 5.26 Å².